The van der Waals surface area contributed by atoms with Crippen molar-refractivity contribution in [1.29, 1.82) is 0 Å². The molecule has 2 aliphatic rings. The van der Waals surface area contributed by atoms with E-state index in [2.05, 4.69) is 17.1 Å². The summed E-state index contributed by atoms with van der Waals surface area (Å²) >= 11 is 0. The number of rotatable bonds is 6. The predicted octanol–water partition coefficient (Wildman–Crippen LogP) is 4.10. The highest BCUT2D eigenvalue weighted by Gasteiger charge is 2.54. The number of hydrogen-bond acceptors (Lipinski definition) is 5. The van der Waals surface area contributed by atoms with Gasteiger partial charge in [0.2, 0.25) is 5.91 Å². The van der Waals surface area contributed by atoms with Crippen LogP contribution in [0.25, 0.3) is 10.9 Å². The van der Waals surface area contributed by atoms with E-state index in [-0.39, 0.29) is 5.91 Å². The average molecular weight is 428 g/mol. The quantitative estimate of drug-likeness (QED) is 0.752. The van der Waals surface area contributed by atoms with Gasteiger partial charge in [-0.2, -0.15) is 0 Å². The van der Waals surface area contributed by atoms with Crippen LogP contribution in [0, 0.1) is 17.8 Å². The largest absolute Gasteiger partial charge is 0.443 e. The van der Waals surface area contributed by atoms with E-state index in [0.29, 0.717) is 23.7 Å². The lowest BCUT2D eigenvalue weighted by Crippen LogP contribution is -2.26. The SMILES string of the molecule is CCN1C[C@@H]2C(COCc3ccc4c(c3)c(NC(C)=O)cn4C(=O)OC(C)(C)C)[C@@H]2C1. The smallest absolute Gasteiger partial charge is 0.419 e. The average Bonchev–Trinajstić information content (AvgIpc) is 3.02. The molecule has 1 unspecified atom stereocenters. The molecule has 3 atom stereocenters. The summed E-state index contributed by atoms with van der Waals surface area (Å²) in [5.41, 5.74) is 1.69. The number of nitrogens with one attached hydrogen (secondary N) is 1. The number of ether oxygens (including phenoxy) is 2. The predicted molar refractivity (Wildman–Crippen MR) is 120 cm³/mol. The van der Waals surface area contributed by atoms with Crippen LogP contribution in [0.5, 0.6) is 0 Å². The highest BCUT2D eigenvalue weighted by Crippen LogP contribution is 2.51. The number of hydrogen-bond donors (Lipinski definition) is 1. The van der Waals surface area contributed by atoms with Gasteiger partial charge in [0, 0.05) is 31.6 Å². The summed E-state index contributed by atoms with van der Waals surface area (Å²) in [5.74, 6) is 2.11. The third-order valence-corrected chi connectivity index (χ3v) is 6.24. The number of nitrogens with zero attached hydrogens (tertiary/aromatic N) is 2. The molecule has 1 aliphatic carbocycles. The van der Waals surface area contributed by atoms with Crippen LogP contribution in [0.3, 0.4) is 0 Å². The molecule has 4 rings (SSSR count). The van der Waals surface area contributed by atoms with E-state index in [0.717, 1.165) is 35.9 Å². The van der Waals surface area contributed by atoms with Crippen molar-refractivity contribution in [1.82, 2.24) is 9.47 Å². The van der Waals surface area contributed by atoms with Crippen LogP contribution in [0.2, 0.25) is 0 Å². The van der Waals surface area contributed by atoms with Crippen molar-refractivity contribution in [2.75, 3.05) is 31.6 Å². The molecular weight excluding hydrogens is 394 g/mol. The van der Waals surface area contributed by atoms with E-state index in [1.807, 2.05) is 39.0 Å². The first-order valence-electron chi connectivity index (χ1n) is 11.1. The summed E-state index contributed by atoms with van der Waals surface area (Å²) in [6, 6.07) is 5.83. The van der Waals surface area contributed by atoms with Gasteiger partial charge < -0.3 is 19.7 Å². The summed E-state index contributed by atoms with van der Waals surface area (Å²) in [7, 11) is 0. The first kappa shape index (κ1) is 21.8. The van der Waals surface area contributed by atoms with Gasteiger partial charge in [0.15, 0.2) is 0 Å². The Balaban J connectivity index is 1.46. The zero-order chi connectivity index (χ0) is 22.3. The van der Waals surface area contributed by atoms with Crippen LogP contribution >= 0.6 is 0 Å². The van der Waals surface area contributed by atoms with E-state index in [4.69, 9.17) is 9.47 Å². The first-order valence-corrected chi connectivity index (χ1v) is 11.1. The molecule has 0 bridgehead atoms. The molecule has 168 valence electrons. The minimum atomic E-state index is -0.606. The lowest BCUT2D eigenvalue weighted by atomic mass is 10.1. The third kappa shape index (κ3) is 4.77. The maximum absolute atomic E-state index is 12.7. The summed E-state index contributed by atoms with van der Waals surface area (Å²) in [4.78, 5) is 26.8. The van der Waals surface area contributed by atoms with Gasteiger partial charge in [0.25, 0.3) is 0 Å². The Bertz CT molecular complexity index is 979. The van der Waals surface area contributed by atoms with Gasteiger partial charge in [-0.3, -0.25) is 9.36 Å². The Labute approximate surface area is 183 Å². The molecule has 1 aliphatic heterocycles. The maximum Gasteiger partial charge on any atom is 0.419 e. The van der Waals surface area contributed by atoms with Crippen molar-refractivity contribution < 1.29 is 19.1 Å². The van der Waals surface area contributed by atoms with Crippen LogP contribution in [-0.4, -0.2) is 53.3 Å². The van der Waals surface area contributed by atoms with Gasteiger partial charge >= 0.3 is 6.09 Å². The van der Waals surface area contributed by atoms with Crippen molar-refractivity contribution in [3.8, 4) is 0 Å². The highest BCUT2D eigenvalue weighted by atomic mass is 16.6. The molecule has 0 spiro atoms. The molecule has 2 heterocycles. The Hall–Kier alpha value is -2.38. The third-order valence-electron chi connectivity index (χ3n) is 6.24. The topological polar surface area (TPSA) is 72.8 Å². The molecule has 1 saturated carbocycles. The normalized spacial score (nSPS) is 23.1. The summed E-state index contributed by atoms with van der Waals surface area (Å²) in [5, 5.41) is 3.62. The lowest BCUT2D eigenvalue weighted by Gasteiger charge is -2.19. The number of anilines is 1. The molecule has 1 aromatic carbocycles. The van der Waals surface area contributed by atoms with E-state index < -0.39 is 11.7 Å². The molecule has 7 heteroatoms. The summed E-state index contributed by atoms with van der Waals surface area (Å²) in [6.45, 7) is 14.0. The molecular formula is C24H33N3O4. The fourth-order valence-electron chi connectivity index (χ4n) is 4.67. The minimum Gasteiger partial charge on any atom is -0.443 e. The van der Waals surface area contributed by atoms with E-state index in [1.54, 1.807) is 6.20 Å². The number of carbonyl (C=O) groups excluding carboxylic acids is 2. The Morgan fingerprint density at radius 3 is 2.52 bits per heavy atom. The first-order chi connectivity index (χ1) is 14.7. The highest BCUT2D eigenvalue weighted by molar-refractivity contribution is 6.04. The minimum absolute atomic E-state index is 0.189. The number of piperidine rings is 1. The van der Waals surface area contributed by atoms with Crippen molar-refractivity contribution >= 4 is 28.6 Å². The van der Waals surface area contributed by atoms with Crippen molar-refractivity contribution in [3.05, 3.63) is 30.0 Å². The van der Waals surface area contributed by atoms with E-state index >= 15 is 0 Å². The molecule has 1 saturated heterocycles. The Morgan fingerprint density at radius 1 is 1.19 bits per heavy atom. The molecule has 7 nitrogen and oxygen atoms in total. The van der Waals surface area contributed by atoms with Crippen LogP contribution in [0.15, 0.2) is 24.4 Å². The molecule has 31 heavy (non-hydrogen) atoms. The number of fused-ring (bicyclic) bond motifs is 2. The number of benzene rings is 1. The van der Waals surface area contributed by atoms with Gasteiger partial charge in [-0.05, 0) is 62.8 Å². The number of aromatic nitrogens is 1. The molecule has 1 amide bonds. The van der Waals surface area contributed by atoms with Crippen molar-refractivity contribution in [2.24, 2.45) is 17.8 Å². The van der Waals surface area contributed by atoms with Crippen LogP contribution in [0.4, 0.5) is 10.5 Å². The zero-order valence-electron chi connectivity index (χ0n) is 19.1. The molecule has 1 aromatic heterocycles. The van der Waals surface area contributed by atoms with Crippen LogP contribution < -0.4 is 5.32 Å². The second kappa shape index (κ2) is 8.28. The van der Waals surface area contributed by atoms with Gasteiger partial charge in [-0.15, -0.1) is 0 Å². The van der Waals surface area contributed by atoms with Gasteiger partial charge in [0.1, 0.15) is 5.60 Å². The lowest BCUT2D eigenvalue weighted by molar-refractivity contribution is -0.114. The fraction of sp³-hybridized carbons (Fsp3) is 0.583. The maximum atomic E-state index is 12.7. The number of amides is 1. The summed E-state index contributed by atoms with van der Waals surface area (Å²) in [6.07, 6.45) is 1.15. The molecule has 1 N–H and O–H groups in total. The summed E-state index contributed by atoms with van der Waals surface area (Å²) < 4.78 is 13.0. The monoisotopic (exact) mass is 427 g/mol. The van der Waals surface area contributed by atoms with Gasteiger partial charge in [0.05, 0.1) is 24.4 Å². The zero-order valence-corrected chi connectivity index (χ0v) is 19.1. The van der Waals surface area contributed by atoms with Gasteiger partial charge in [-0.1, -0.05) is 13.0 Å². The molecule has 2 aromatic rings. The van der Waals surface area contributed by atoms with E-state index in [1.165, 1.54) is 24.6 Å². The fourth-order valence-corrected chi connectivity index (χ4v) is 4.67. The van der Waals surface area contributed by atoms with Crippen molar-refractivity contribution in [2.45, 2.75) is 46.8 Å². The molecule has 0 radical (unpaired) electrons. The number of carbonyl (C=O) groups is 2. The second-order valence-corrected chi connectivity index (χ2v) is 9.78. The van der Waals surface area contributed by atoms with Crippen LogP contribution in [-0.2, 0) is 20.9 Å². The second-order valence-electron chi connectivity index (χ2n) is 9.78. The van der Waals surface area contributed by atoms with E-state index in [9.17, 15) is 9.59 Å². The molecule has 2 fully saturated rings. The van der Waals surface area contributed by atoms with Crippen molar-refractivity contribution in [3.63, 3.8) is 0 Å². The van der Waals surface area contributed by atoms with Crippen LogP contribution in [0.1, 0.15) is 40.2 Å². The number of likely N-dealkylation sites (tertiary alicyclic amines) is 1. The Morgan fingerprint density at radius 2 is 1.90 bits per heavy atom. The standard InChI is InChI=1S/C24H33N3O4/c1-6-26-10-18-19(11-26)20(18)14-30-13-16-7-8-22-17(9-16)21(25-15(2)28)12-27(22)23(29)31-24(3,4)5/h7-9,12,18-20H,6,10-11,13-14H2,1-5H3,(H,25,28)/t18-,19+,20?. The van der Waals surface area contributed by atoms with Gasteiger partial charge in [-0.25, -0.2) is 4.79 Å². The Kier molecular flexibility index (Phi) is 5.83.